The third-order valence-electron chi connectivity index (χ3n) is 6.07. The van der Waals surface area contributed by atoms with Gasteiger partial charge >= 0.3 is 14.5 Å². The van der Waals surface area contributed by atoms with E-state index in [9.17, 15) is 19.0 Å². The molecule has 12 heteroatoms. The van der Waals surface area contributed by atoms with Crippen molar-refractivity contribution < 1.29 is 23.7 Å². The Balaban J connectivity index is 1.84. The van der Waals surface area contributed by atoms with E-state index in [1.807, 2.05) is 12.1 Å². The van der Waals surface area contributed by atoms with Gasteiger partial charge in [0.05, 0.1) is 5.41 Å². The summed E-state index contributed by atoms with van der Waals surface area (Å²) in [5.41, 5.74) is 9.60. The Morgan fingerprint density at radius 3 is 2.79 bits per heavy atom. The second-order valence-corrected chi connectivity index (χ2v) is 8.84. The molecular weight excluding hydrogens is 460 g/mol. The van der Waals surface area contributed by atoms with Crippen LogP contribution < -0.4 is 0 Å². The maximum Gasteiger partial charge on any atom is 0.450 e. The largest absolute Gasteiger partial charge is 0.450 e. The molecule has 0 bridgehead atoms. The molecule has 0 saturated carbocycles. The molecule has 176 valence electrons. The third-order valence-corrected chi connectivity index (χ3v) is 6.31. The normalized spacial score (nSPS) is 19.6. The lowest BCUT2D eigenvalue weighted by molar-refractivity contribution is -0.134. The highest BCUT2D eigenvalue weighted by atomic mass is 35.5. The smallest absolute Gasteiger partial charge is 0.427 e. The molecule has 34 heavy (non-hydrogen) atoms. The Bertz CT molecular complexity index is 1090. The van der Waals surface area contributed by atoms with Crippen molar-refractivity contribution in [3.63, 3.8) is 0 Å². The molecule has 1 aliphatic heterocycles. The van der Waals surface area contributed by atoms with Crippen molar-refractivity contribution in [3.05, 3.63) is 69.3 Å². The predicted octanol–water partition coefficient (Wildman–Crippen LogP) is 3.64. The fourth-order valence-electron chi connectivity index (χ4n) is 4.42. The van der Waals surface area contributed by atoms with E-state index in [4.69, 9.17) is 21.8 Å². The van der Waals surface area contributed by atoms with Crippen molar-refractivity contribution in [3.8, 4) is 11.1 Å². The summed E-state index contributed by atoms with van der Waals surface area (Å²) in [5, 5.41) is 13.6. The molecule has 1 aliphatic rings. The van der Waals surface area contributed by atoms with Crippen molar-refractivity contribution in [2.24, 2.45) is 10.5 Å². The summed E-state index contributed by atoms with van der Waals surface area (Å²) in [4.78, 5) is 28.9. The van der Waals surface area contributed by atoms with Crippen LogP contribution >= 0.6 is 11.6 Å². The van der Waals surface area contributed by atoms with Crippen molar-refractivity contribution >= 4 is 38.2 Å². The Morgan fingerprint density at radius 1 is 1.41 bits per heavy atom. The number of carbonyl (C=O) groups excluding carboxylic acids is 2. The summed E-state index contributed by atoms with van der Waals surface area (Å²) in [5.74, 6) is -0.644. The molecule has 1 amide bonds. The maximum atomic E-state index is 14.2. The Kier molecular flexibility index (Phi) is 8.74. The number of carbonyl (C=O) groups is 2. The average Bonchev–Trinajstić information content (AvgIpc) is 3.06. The van der Waals surface area contributed by atoms with Crippen molar-refractivity contribution in [2.45, 2.75) is 32.1 Å². The lowest BCUT2D eigenvalue weighted by atomic mass is 9.80. The van der Waals surface area contributed by atoms with Crippen LogP contribution in [0.1, 0.15) is 18.4 Å². The summed E-state index contributed by atoms with van der Waals surface area (Å²) >= 11 is 6.00. The van der Waals surface area contributed by atoms with E-state index in [-0.39, 0.29) is 44.8 Å². The third kappa shape index (κ3) is 5.98. The Morgan fingerprint density at radius 2 is 2.15 bits per heavy atom. The molecule has 1 saturated heterocycles. The summed E-state index contributed by atoms with van der Waals surface area (Å²) in [6.07, 6.45) is 1.75. The summed E-state index contributed by atoms with van der Waals surface area (Å²) < 4.78 is 19.6. The van der Waals surface area contributed by atoms with Crippen LogP contribution in [0, 0.1) is 11.2 Å². The number of hydrogen-bond donors (Lipinski definition) is 1. The molecule has 8 nitrogen and oxygen atoms in total. The molecule has 2 aromatic rings. The maximum absolute atomic E-state index is 14.2. The lowest BCUT2D eigenvalue weighted by Gasteiger charge is -2.27. The fourth-order valence-corrected chi connectivity index (χ4v) is 4.59. The lowest BCUT2D eigenvalue weighted by Crippen LogP contribution is -2.43. The first-order valence-corrected chi connectivity index (χ1v) is 11.3. The molecule has 0 radical (unpaired) electrons. The van der Waals surface area contributed by atoms with Crippen LogP contribution in [0.2, 0.25) is 11.8 Å². The van der Waals surface area contributed by atoms with E-state index < -0.39 is 12.5 Å². The second kappa shape index (κ2) is 11.5. The van der Waals surface area contributed by atoms with Gasteiger partial charge in [-0.1, -0.05) is 41.0 Å². The number of nitrogens with zero attached hydrogens (tertiary/aromatic N) is 4. The fraction of sp³-hybridized carbons (Fsp3) is 0.364. The van der Waals surface area contributed by atoms with E-state index in [1.165, 1.54) is 23.8 Å². The first-order chi connectivity index (χ1) is 16.3. The highest BCUT2D eigenvalue weighted by molar-refractivity contribution is 6.66. The SMILES string of the molecule is CB(O)OCC1(CCN=[N+]=[N-])C[C@@H](Cc2ccc(-c3cc(Cl)ccc3F)cc2)N(BC=O)C1=O. The highest BCUT2D eigenvalue weighted by Crippen LogP contribution is 2.41. The average molecular weight is 485 g/mol. The molecule has 2 aromatic carbocycles. The standard InChI is InChI=1S/C22H24B2ClFN4O4/c1-24(33)34-13-22(8-9-28-29-27)12-18(30(21(22)32)23-14-31)10-15-2-4-16(5-3-15)19-11-17(25)6-7-20(19)26/h2-7,11,14,18,23,33H,8-10,12-13H2,1H3/t18-,22?/m1/s1. The first-order valence-electron chi connectivity index (χ1n) is 10.9. The molecule has 3 rings (SSSR count). The number of azide groups is 1. The van der Waals surface area contributed by atoms with Gasteiger partial charge in [0.1, 0.15) is 12.0 Å². The minimum absolute atomic E-state index is 0.0523. The Labute approximate surface area is 203 Å². The molecule has 0 spiro atoms. The first kappa shape index (κ1) is 25.8. The van der Waals surface area contributed by atoms with Gasteiger partial charge in [-0.2, -0.15) is 0 Å². The number of hydrogen-bond acceptors (Lipinski definition) is 5. The molecule has 1 heterocycles. The van der Waals surface area contributed by atoms with E-state index >= 15 is 0 Å². The molecule has 2 atom stereocenters. The van der Waals surface area contributed by atoms with Crippen LogP contribution in [-0.2, 0) is 20.7 Å². The zero-order valence-corrected chi connectivity index (χ0v) is 19.5. The molecule has 1 fully saturated rings. The zero-order chi connectivity index (χ0) is 24.7. The van der Waals surface area contributed by atoms with Crippen LogP contribution in [0.3, 0.4) is 0 Å². The van der Waals surface area contributed by atoms with Gasteiger partial charge in [0.15, 0.2) is 0 Å². The van der Waals surface area contributed by atoms with Crippen LogP contribution in [-0.4, -0.2) is 55.7 Å². The summed E-state index contributed by atoms with van der Waals surface area (Å²) in [7, 11) is -1.14. The number of halogens is 2. The monoisotopic (exact) mass is 484 g/mol. The van der Waals surface area contributed by atoms with Gasteiger partial charge in [-0.25, -0.2) is 4.39 Å². The zero-order valence-electron chi connectivity index (χ0n) is 18.7. The van der Waals surface area contributed by atoms with Crippen LogP contribution in [0.25, 0.3) is 21.6 Å². The summed E-state index contributed by atoms with van der Waals surface area (Å²) in [6.45, 7) is 1.49. The molecule has 1 N–H and O–H groups in total. The van der Waals surface area contributed by atoms with Crippen molar-refractivity contribution in [2.75, 3.05) is 13.2 Å². The quantitative estimate of drug-likeness (QED) is 0.172. The van der Waals surface area contributed by atoms with Crippen molar-refractivity contribution in [1.29, 1.82) is 0 Å². The van der Waals surface area contributed by atoms with Gasteiger partial charge in [-0.05, 0) is 60.9 Å². The molecule has 1 unspecified atom stereocenters. The van der Waals surface area contributed by atoms with Gasteiger partial charge in [0.25, 0.3) is 0 Å². The van der Waals surface area contributed by atoms with E-state index in [0.717, 1.165) is 5.56 Å². The minimum atomic E-state index is -1.07. The van der Waals surface area contributed by atoms with Gasteiger partial charge in [0.2, 0.25) is 5.91 Å². The van der Waals surface area contributed by atoms with Gasteiger partial charge in [-0.3, -0.25) is 4.79 Å². The second-order valence-electron chi connectivity index (χ2n) is 8.40. The van der Waals surface area contributed by atoms with Gasteiger partial charge < -0.3 is 19.3 Å². The summed E-state index contributed by atoms with van der Waals surface area (Å²) in [6, 6.07) is 11.4. The number of benzene rings is 2. The van der Waals surface area contributed by atoms with Gasteiger partial charge in [0, 0.05) is 34.7 Å². The molecular formula is C22H24B2ClFN4O4. The van der Waals surface area contributed by atoms with E-state index in [0.29, 0.717) is 35.2 Å². The Hall–Kier alpha value is -2.84. The number of rotatable bonds is 11. The topological polar surface area (TPSA) is 116 Å². The molecule has 0 aliphatic carbocycles. The molecule has 0 aromatic heterocycles. The van der Waals surface area contributed by atoms with Crippen LogP contribution in [0.15, 0.2) is 47.6 Å². The van der Waals surface area contributed by atoms with E-state index in [2.05, 4.69) is 10.0 Å². The predicted molar refractivity (Wildman–Crippen MR) is 131 cm³/mol. The van der Waals surface area contributed by atoms with Crippen LogP contribution in [0.4, 0.5) is 4.39 Å². The highest BCUT2D eigenvalue weighted by Gasteiger charge is 2.51. The number of amides is 1. The minimum Gasteiger partial charge on any atom is -0.427 e. The van der Waals surface area contributed by atoms with Crippen molar-refractivity contribution in [1.82, 2.24) is 4.81 Å². The van der Waals surface area contributed by atoms with Crippen LogP contribution in [0.5, 0.6) is 0 Å². The van der Waals surface area contributed by atoms with E-state index in [1.54, 1.807) is 18.2 Å². The van der Waals surface area contributed by atoms with Gasteiger partial charge in [-0.15, -0.1) is 0 Å².